The molecule has 0 heterocycles. The minimum Gasteiger partial charge on any atom is -0.303 e. The van der Waals surface area contributed by atoms with Crippen LogP contribution in [0, 0.1) is 0 Å². The van der Waals surface area contributed by atoms with Crippen LogP contribution in [0.3, 0.4) is 0 Å². The van der Waals surface area contributed by atoms with Gasteiger partial charge in [-0.3, -0.25) is 4.79 Å². The van der Waals surface area contributed by atoms with Gasteiger partial charge in [0.1, 0.15) is 0 Å². The Morgan fingerprint density at radius 2 is 1.95 bits per heavy atom. The van der Waals surface area contributed by atoms with E-state index in [0.29, 0.717) is 17.5 Å². The molecular formula is C17H24ClNO. The van der Waals surface area contributed by atoms with Crippen molar-refractivity contribution in [2.24, 2.45) is 0 Å². The number of nitrogens with zero attached hydrogens (tertiary/aromatic N) is 1. The first kappa shape index (κ1) is 15.5. The van der Waals surface area contributed by atoms with E-state index < -0.39 is 0 Å². The number of hydrogen-bond acceptors (Lipinski definition) is 2. The molecule has 2 rings (SSSR count). The molecule has 1 aliphatic carbocycles. The second-order valence-corrected chi connectivity index (χ2v) is 6.25. The zero-order chi connectivity index (χ0) is 14.4. The van der Waals surface area contributed by atoms with E-state index in [9.17, 15) is 4.79 Å². The predicted molar refractivity (Wildman–Crippen MR) is 84.5 cm³/mol. The molecule has 1 aromatic rings. The number of rotatable bonds is 5. The Morgan fingerprint density at radius 3 is 2.60 bits per heavy atom. The van der Waals surface area contributed by atoms with E-state index in [-0.39, 0.29) is 5.78 Å². The number of halogens is 1. The van der Waals surface area contributed by atoms with Crippen LogP contribution in [0.15, 0.2) is 24.3 Å². The lowest BCUT2D eigenvalue weighted by atomic mass is 10.1. The third-order valence-corrected chi connectivity index (χ3v) is 4.52. The summed E-state index contributed by atoms with van der Waals surface area (Å²) in [6.07, 6.45) is 8.53. The Kier molecular flexibility index (Phi) is 6.06. The molecule has 110 valence electrons. The first-order chi connectivity index (χ1) is 9.66. The van der Waals surface area contributed by atoms with Crippen LogP contribution in [0.25, 0.3) is 0 Å². The van der Waals surface area contributed by atoms with Crippen molar-refractivity contribution in [1.82, 2.24) is 4.90 Å². The van der Waals surface area contributed by atoms with Crippen molar-refractivity contribution in [3.8, 4) is 0 Å². The van der Waals surface area contributed by atoms with Crippen LogP contribution in [-0.2, 0) is 0 Å². The van der Waals surface area contributed by atoms with Crippen molar-refractivity contribution >= 4 is 17.4 Å². The molecule has 0 aromatic heterocycles. The number of ketones is 1. The van der Waals surface area contributed by atoms with Gasteiger partial charge in [-0.2, -0.15) is 0 Å². The topological polar surface area (TPSA) is 20.3 Å². The average Bonchev–Trinajstić information content (AvgIpc) is 2.73. The number of hydrogen-bond donors (Lipinski definition) is 0. The molecular weight excluding hydrogens is 270 g/mol. The maximum atomic E-state index is 12.2. The van der Waals surface area contributed by atoms with E-state index in [4.69, 9.17) is 11.6 Å². The Hall–Kier alpha value is -0.860. The van der Waals surface area contributed by atoms with Gasteiger partial charge in [0, 0.05) is 29.6 Å². The van der Waals surface area contributed by atoms with E-state index >= 15 is 0 Å². The van der Waals surface area contributed by atoms with Crippen molar-refractivity contribution < 1.29 is 4.79 Å². The van der Waals surface area contributed by atoms with Gasteiger partial charge in [-0.1, -0.05) is 49.4 Å². The summed E-state index contributed by atoms with van der Waals surface area (Å²) in [4.78, 5) is 14.5. The fourth-order valence-electron chi connectivity index (χ4n) is 2.97. The molecule has 0 bridgehead atoms. The maximum absolute atomic E-state index is 12.2. The third-order valence-electron chi connectivity index (χ3n) is 4.29. The molecule has 2 nitrogen and oxygen atoms in total. The molecule has 1 saturated carbocycles. The second kappa shape index (κ2) is 7.80. The minimum atomic E-state index is 0.188. The van der Waals surface area contributed by atoms with E-state index in [2.05, 4.69) is 11.9 Å². The molecule has 1 aromatic carbocycles. The monoisotopic (exact) mass is 293 g/mol. The van der Waals surface area contributed by atoms with Crippen LogP contribution in [-0.4, -0.2) is 30.3 Å². The molecule has 0 atom stereocenters. The van der Waals surface area contributed by atoms with Gasteiger partial charge < -0.3 is 4.90 Å². The summed E-state index contributed by atoms with van der Waals surface area (Å²) in [5.74, 6) is 0.188. The molecule has 0 spiro atoms. The highest BCUT2D eigenvalue weighted by molar-refractivity contribution is 6.31. The Morgan fingerprint density at radius 1 is 1.25 bits per heavy atom. The highest BCUT2D eigenvalue weighted by Gasteiger charge is 2.17. The van der Waals surface area contributed by atoms with E-state index in [1.165, 1.54) is 38.5 Å². The smallest absolute Gasteiger partial charge is 0.164 e. The van der Waals surface area contributed by atoms with Gasteiger partial charge in [0.2, 0.25) is 0 Å². The van der Waals surface area contributed by atoms with Crippen LogP contribution in [0.1, 0.15) is 55.3 Å². The molecule has 3 heteroatoms. The number of benzene rings is 1. The molecule has 0 N–H and O–H groups in total. The highest BCUT2D eigenvalue weighted by Crippen LogP contribution is 2.21. The van der Waals surface area contributed by atoms with Crippen molar-refractivity contribution in [1.29, 1.82) is 0 Å². The zero-order valence-electron chi connectivity index (χ0n) is 12.3. The van der Waals surface area contributed by atoms with Crippen molar-refractivity contribution in [3.63, 3.8) is 0 Å². The summed E-state index contributed by atoms with van der Waals surface area (Å²) in [7, 11) is 2.15. The second-order valence-electron chi connectivity index (χ2n) is 5.81. The zero-order valence-corrected chi connectivity index (χ0v) is 13.0. The van der Waals surface area contributed by atoms with E-state index in [0.717, 1.165) is 12.1 Å². The standard InChI is InChI=1S/C17H24ClNO/c1-19(16-9-4-2-3-5-10-16)12-11-17(20)14-7-6-8-15(18)13-14/h6-8,13,16H,2-5,9-12H2,1H3. The van der Waals surface area contributed by atoms with Crippen molar-refractivity contribution in [3.05, 3.63) is 34.9 Å². The third kappa shape index (κ3) is 4.60. The number of carbonyl (C=O) groups is 1. The SMILES string of the molecule is CN(CCC(=O)c1cccc(Cl)c1)C1CCCCCC1. The number of carbonyl (C=O) groups excluding carboxylic acids is 1. The predicted octanol–water partition coefficient (Wildman–Crippen LogP) is 4.57. The first-order valence-corrected chi connectivity index (χ1v) is 8.03. The molecule has 1 fully saturated rings. The van der Waals surface area contributed by atoms with Crippen LogP contribution in [0.4, 0.5) is 0 Å². The van der Waals surface area contributed by atoms with Crippen LogP contribution in [0.2, 0.25) is 5.02 Å². The summed E-state index contributed by atoms with van der Waals surface area (Å²) in [6, 6.07) is 7.90. The lowest BCUT2D eigenvalue weighted by Crippen LogP contribution is -2.33. The van der Waals surface area contributed by atoms with Gasteiger partial charge in [0.25, 0.3) is 0 Å². The molecule has 20 heavy (non-hydrogen) atoms. The molecule has 0 radical (unpaired) electrons. The first-order valence-electron chi connectivity index (χ1n) is 7.66. The lowest BCUT2D eigenvalue weighted by Gasteiger charge is -2.26. The summed E-state index contributed by atoms with van der Waals surface area (Å²) >= 11 is 5.93. The fourth-order valence-corrected chi connectivity index (χ4v) is 3.16. The molecule has 0 aliphatic heterocycles. The van der Waals surface area contributed by atoms with Crippen LogP contribution in [0.5, 0.6) is 0 Å². The summed E-state index contributed by atoms with van der Waals surface area (Å²) in [5, 5.41) is 0.632. The molecule has 0 unspecified atom stereocenters. The normalized spacial score (nSPS) is 17.1. The van der Waals surface area contributed by atoms with Crippen molar-refractivity contribution in [2.45, 2.75) is 51.0 Å². The quantitative estimate of drug-likeness (QED) is 0.585. The van der Waals surface area contributed by atoms with Gasteiger partial charge in [-0.25, -0.2) is 0 Å². The van der Waals surface area contributed by atoms with E-state index in [1.54, 1.807) is 12.1 Å². The number of Topliss-reactive ketones (excluding diaryl/α,β-unsaturated/α-hetero) is 1. The molecule has 0 saturated heterocycles. The van der Waals surface area contributed by atoms with Gasteiger partial charge in [0.05, 0.1) is 0 Å². The molecule has 1 aliphatic rings. The van der Waals surface area contributed by atoms with Gasteiger partial charge in [0.15, 0.2) is 5.78 Å². The highest BCUT2D eigenvalue weighted by atomic mass is 35.5. The van der Waals surface area contributed by atoms with E-state index in [1.807, 2.05) is 12.1 Å². The Balaban J connectivity index is 1.83. The van der Waals surface area contributed by atoms with Crippen LogP contribution >= 0.6 is 11.6 Å². The Bertz CT molecular complexity index is 438. The lowest BCUT2D eigenvalue weighted by molar-refractivity contribution is 0.0957. The average molecular weight is 294 g/mol. The minimum absolute atomic E-state index is 0.188. The molecule has 0 amide bonds. The summed E-state index contributed by atoms with van der Waals surface area (Å²) in [6.45, 7) is 0.843. The van der Waals surface area contributed by atoms with Crippen molar-refractivity contribution in [2.75, 3.05) is 13.6 Å². The van der Waals surface area contributed by atoms with Gasteiger partial charge in [-0.05, 0) is 32.0 Å². The maximum Gasteiger partial charge on any atom is 0.164 e. The summed E-state index contributed by atoms with van der Waals surface area (Å²) in [5.41, 5.74) is 0.728. The largest absolute Gasteiger partial charge is 0.303 e. The van der Waals surface area contributed by atoms with Gasteiger partial charge >= 0.3 is 0 Å². The summed E-state index contributed by atoms with van der Waals surface area (Å²) < 4.78 is 0. The Labute approximate surface area is 127 Å². The van der Waals surface area contributed by atoms with Gasteiger partial charge in [-0.15, -0.1) is 0 Å². The fraction of sp³-hybridized carbons (Fsp3) is 0.588. The van der Waals surface area contributed by atoms with Crippen LogP contribution < -0.4 is 0 Å².